The summed E-state index contributed by atoms with van der Waals surface area (Å²) in [6, 6.07) is 5.03. The summed E-state index contributed by atoms with van der Waals surface area (Å²) in [5.41, 5.74) is 6.52. The third-order valence-electron chi connectivity index (χ3n) is 4.65. The number of benzene rings is 1. The number of anilines is 1. The number of carbonyl (C=O) groups is 4. The van der Waals surface area contributed by atoms with Crippen LogP contribution in [0.5, 0.6) is 0 Å². The van der Waals surface area contributed by atoms with Gasteiger partial charge in [0, 0.05) is 24.3 Å². The van der Waals surface area contributed by atoms with E-state index in [-0.39, 0.29) is 18.9 Å². The monoisotopic (exact) mass is 405 g/mol. The number of aliphatic carboxylic acids is 2. The molecule has 1 aromatic rings. The molecule has 1 fully saturated rings. The molecule has 3 amide bonds. The van der Waals surface area contributed by atoms with Crippen LogP contribution in [0.1, 0.15) is 18.9 Å². The fourth-order valence-electron chi connectivity index (χ4n) is 2.93. The third-order valence-corrected chi connectivity index (χ3v) is 4.65. The molecule has 11 heteroatoms. The first-order valence-corrected chi connectivity index (χ1v) is 8.85. The molecule has 6 N–H and O–H groups in total. The van der Waals surface area contributed by atoms with Crippen molar-refractivity contribution in [1.82, 2.24) is 10.2 Å². The first kappa shape index (κ1) is 21.7. The molecule has 156 valence electrons. The van der Waals surface area contributed by atoms with Crippen LogP contribution in [-0.2, 0) is 14.4 Å². The van der Waals surface area contributed by atoms with Crippen molar-refractivity contribution < 1.29 is 29.4 Å². The fraction of sp³-hybridized carbons (Fsp3) is 0.389. The normalized spacial score (nSPS) is 15.7. The number of amides is 3. The SMILES string of the molecule is CC(C(=O)O)C(CC(=O)O)NC(=O)CN1CCN(c2ccc(C(=N)N)cc2)C1=O. The Bertz CT molecular complexity index is 825. The van der Waals surface area contributed by atoms with E-state index in [1.54, 1.807) is 24.3 Å². The van der Waals surface area contributed by atoms with Crippen LogP contribution in [0.4, 0.5) is 10.5 Å². The van der Waals surface area contributed by atoms with Gasteiger partial charge in [0.15, 0.2) is 0 Å². The summed E-state index contributed by atoms with van der Waals surface area (Å²) in [5, 5.41) is 27.8. The van der Waals surface area contributed by atoms with E-state index in [0.717, 1.165) is 0 Å². The smallest absolute Gasteiger partial charge is 0.325 e. The van der Waals surface area contributed by atoms with E-state index >= 15 is 0 Å². The molecule has 2 unspecified atom stereocenters. The number of hydrogen-bond donors (Lipinski definition) is 5. The molecule has 0 saturated carbocycles. The summed E-state index contributed by atoms with van der Waals surface area (Å²) in [4.78, 5) is 49.7. The van der Waals surface area contributed by atoms with E-state index in [1.165, 1.54) is 16.7 Å². The van der Waals surface area contributed by atoms with Gasteiger partial charge in [-0.1, -0.05) is 0 Å². The lowest BCUT2D eigenvalue weighted by molar-refractivity contribution is -0.143. The van der Waals surface area contributed by atoms with Crippen LogP contribution < -0.4 is 16.0 Å². The largest absolute Gasteiger partial charge is 0.481 e. The number of nitrogens with zero attached hydrogens (tertiary/aromatic N) is 2. The Kier molecular flexibility index (Phi) is 6.75. The van der Waals surface area contributed by atoms with Gasteiger partial charge in [-0.05, 0) is 31.2 Å². The number of amidine groups is 1. The number of carbonyl (C=O) groups excluding carboxylic acids is 2. The lowest BCUT2D eigenvalue weighted by Gasteiger charge is -2.23. The summed E-state index contributed by atoms with van der Waals surface area (Å²) in [6.07, 6.45) is -0.540. The van der Waals surface area contributed by atoms with Gasteiger partial charge in [0.05, 0.1) is 18.4 Å². The summed E-state index contributed by atoms with van der Waals surface area (Å²) in [7, 11) is 0. The van der Waals surface area contributed by atoms with E-state index in [0.29, 0.717) is 17.8 Å². The van der Waals surface area contributed by atoms with E-state index < -0.39 is 42.3 Å². The molecule has 1 heterocycles. The molecule has 1 saturated heterocycles. The quantitative estimate of drug-likeness (QED) is 0.281. The Morgan fingerprint density at radius 1 is 1.21 bits per heavy atom. The summed E-state index contributed by atoms with van der Waals surface area (Å²) in [6.45, 7) is 1.61. The van der Waals surface area contributed by atoms with Gasteiger partial charge in [0.1, 0.15) is 12.4 Å². The lowest BCUT2D eigenvalue weighted by atomic mass is 9.99. The molecule has 0 bridgehead atoms. The number of nitrogen functional groups attached to an aromatic ring is 1. The first-order chi connectivity index (χ1) is 13.6. The highest BCUT2D eigenvalue weighted by molar-refractivity contribution is 5.98. The van der Waals surface area contributed by atoms with Crippen molar-refractivity contribution in [1.29, 1.82) is 5.41 Å². The third kappa shape index (κ3) is 5.43. The molecule has 1 aromatic carbocycles. The summed E-state index contributed by atoms with van der Waals surface area (Å²) >= 11 is 0. The zero-order valence-corrected chi connectivity index (χ0v) is 15.8. The standard InChI is InChI=1S/C18H23N5O6/c1-10(17(27)28)13(8-15(25)26)21-14(24)9-22-6-7-23(18(22)29)12-4-2-11(3-5-12)16(19)20/h2-5,10,13H,6-9H2,1H3,(H3,19,20)(H,21,24)(H,25,26)(H,27,28). The van der Waals surface area contributed by atoms with E-state index in [2.05, 4.69) is 5.32 Å². The Labute approximate surface area is 166 Å². The van der Waals surface area contributed by atoms with Gasteiger partial charge in [-0.2, -0.15) is 0 Å². The minimum absolute atomic E-state index is 0.0888. The van der Waals surface area contributed by atoms with E-state index in [9.17, 15) is 19.2 Å². The number of nitrogens with one attached hydrogen (secondary N) is 2. The Morgan fingerprint density at radius 2 is 1.83 bits per heavy atom. The second-order valence-corrected chi connectivity index (χ2v) is 6.72. The highest BCUT2D eigenvalue weighted by Gasteiger charge is 2.33. The molecule has 0 spiro atoms. The number of rotatable bonds is 9. The zero-order valence-electron chi connectivity index (χ0n) is 15.8. The van der Waals surface area contributed by atoms with Crippen LogP contribution in [-0.4, -0.2) is 70.5 Å². The molecule has 29 heavy (non-hydrogen) atoms. The van der Waals surface area contributed by atoms with Gasteiger partial charge in [-0.15, -0.1) is 0 Å². The van der Waals surface area contributed by atoms with Crippen LogP contribution in [0.2, 0.25) is 0 Å². The van der Waals surface area contributed by atoms with Gasteiger partial charge >= 0.3 is 18.0 Å². The van der Waals surface area contributed by atoms with Gasteiger partial charge in [0.2, 0.25) is 5.91 Å². The fourth-order valence-corrected chi connectivity index (χ4v) is 2.93. The predicted molar refractivity (Wildman–Crippen MR) is 103 cm³/mol. The Hall–Kier alpha value is -3.63. The molecule has 0 aliphatic carbocycles. The second-order valence-electron chi connectivity index (χ2n) is 6.72. The molecule has 0 radical (unpaired) electrons. The molecular weight excluding hydrogens is 382 g/mol. The highest BCUT2D eigenvalue weighted by Crippen LogP contribution is 2.21. The van der Waals surface area contributed by atoms with Crippen LogP contribution in [0, 0.1) is 11.3 Å². The van der Waals surface area contributed by atoms with Crippen molar-refractivity contribution in [2.24, 2.45) is 11.7 Å². The number of hydrogen-bond acceptors (Lipinski definition) is 5. The minimum atomic E-state index is -1.24. The minimum Gasteiger partial charge on any atom is -0.481 e. The molecule has 11 nitrogen and oxygen atoms in total. The van der Waals surface area contributed by atoms with Crippen molar-refractivity contribution in [3.63, 3.8) is 0 Å². The van der Waals surface area contributed by atoms with Crippen LogP contribution in [0.25, 0.3) is 0 Å². The lowest BCUT2D eigenvalue weighted by Crippen LogP contribution is -2.48. The highest BCUT2D eigenvalue weighted by atomic mass is 16.4. The van der Waals surface area contributed by atoms with Crippen molar-refractivity contribution >= 4 is 35.4 Å². The van der Waals surface area contributed by atoms with Gasteiger partial charge in [-0.25, -0.2) is 4.79 Å². The van der Waals surface area contributed by atoms with E-state index in [4.69, 9.17) is 21.4 Å². The Morgan fingerprint density at radius 3 is 2.34 bits per heavy atom. The van der Waals surface area contributed by atoms with E-state index in [1.807, 2.05) is 0 Å². The number of carboxylic acid groups (broad SMARTS) is 2. The zero-order chi connectivity index (χ0) is 21.7. The van der Waals surface area contributed by atoms with Gasteiger partial charge in [0.25, 0.3) is 0 Å². The molecule has 2 rings (SSSR count). The molecule has 1 aliphatic heterocycles. The molecule has 1 aliphatic rings. The number of urea groups is 1. The van der Waals surface area contributed by atoms with Crippen molar-refractivity contribution in [3.8, 4) is 0 Å². The molecule has 2 atom stereocenters. The van der Waals surface area contributed by atoms with Crippen LogP contribution >= 0.6 is 0 Å². The maximum atomic E-state index is 12.6. The average Bonchev–Trinajstić information content (AvgIpc) is 3.00. The summed E-state index contributed by atoms with van der Waals surface area (Å²) < 4.78 is 0. The maximum absolute atomic E-state index is 12.6. The average molecular weight is 405 g/mol. The predicted octanol–water partition coefficient (Wildman–Crippen LogP) is -0.107. The van der Waals surface area contributed by atoms with Gasteiger partial charge < -0.3 is 26.2 Å². The van der Waals surface area contributed by atoms with Crippen molar-refractivity contribution in [2.75, 3.05) is 24.5 Å². The first-order valence-electron chi connectivity index (χ1n) is 8.85. The van der Waals surface area contributed by atoms with Gasteiger partial charge in [-0.3, -0.25) is 24.7 Å². The number of nitrogens with two attached hydrogens (primary N) is 1. The van der Waals surface area contributed by atoms with Crippen molar-refractivity contribution in [2.45, 2.75) is 19.4 Å². The molecular formula is C18H23N5O6. The maximum Gasteiger partial charge on any atom is 0.325 e. The van der Waals surface area contributed by atoms with Crippen LogP contribution in [0.3, 0.4) is 0 Å². The molecule has 0 aromatic heterocycles. The number of carboxylic acids is 2. The Balaban J connectivity index is 2.00. The topological polar surface area (TPSA) is 177 Å². The van der Waals surface area contributed by atoms with Crippen LogP contribution in [0.15, 0.2) is 24.3 Å². The van der Waals surface area contributed by atoms with Crippen molar-refractivity contribution in [3.05, 3.63) is 29.8 Å². The second kappa shape index (κ2) is 9.04. The summed E-state index contributed by atoms with van der Waals surface area (Å²) in [5.74, 6) is -4.28.